The molecule has 1 amide bonds. The Bertz CT molecular complexity index is 1010. The topological polar surface area (TPSA) is 64.0 Å². The molecule has 5 nitrogen and oxygen atoms in total. The molecule has 0 aliphatic rings. The van der Waals surface area contributed by atoms with Gasteiger partial charge < -0.3 is 5.32 Å². The lowest BCUT2D eigenvalue weighted by molar-refractivity contribution is -0.115. The molecule has 0 saturated carbocycles. The summed E-state index contributed by atoms with van der Waals surface area (Å²) in [5.74, 6) is 0.222. The van der Waals surface area contributed by atoms with Crippen LogP contribution >= 0.6 is 0 Å². The van der Waals surface area contributed by atoms with Crippen LogP contribution in [0.3, 0.4) is 0 Å². The molecule has 0 aliphatic heterocycles. The van der Waals surface area contributed by atoms with Gasteiger partial charge in [0.15, 0.2) is 0 Å². The number of aryl methyl sites for hydroxylation is 1. The molecule has 1 aromatic heterocycles. The van der Waals surface area contributed by atoms with E-state index in [2.05, 4.69) is 24.3 Å². The molecule has 26 heavy (non-hydrogen) atoms. The highest BCUT2D eigenvalue weighted by molar-refractivity contribution is 5.95. The van der Waals surface area contributed by atoms with Gasteiger partial charge in [0, 0.05) is 18.1 Å². The second kappa shape index (κ2) is 7.52. The molecule has 1 atom stereocenters. The van der Waals surface area contributed by atoms with Crippen LogP contribution < -0.4 is 10.9 Å². The van der Waals surface area contributed by atoms with Crippen LogP contribution in [0, 0.1) is 0 Å². The van der Waals surface area contributed by atoms with Crippen LogP contribution in [0.15, 0.2) is 53.3 Å². The molecular weight excluding hydrogens is 326 g/mol. The third-order valence-corrected chi connectivity index (χ3v) is 4.74. The number of anilines is 1. The van der Waals surface area contributed by atoms with Crippen molar-refractivity contribution in [3.8, 4) is 0 Å². The van der Waals surface area contributed by atoms with E-state index in [1.165, 1.54) is 4.68 Å². The van der Waals surface area contributed by atoms with Crippen LogP contribution in [0.4, 0.5) is 5.69 Å². The van der Waals surface area contributed by atoms with Gasteiger partial charge in [-0.15, -0.1) is 0 Å². The predicted octanol–water partition coefficient (Wildman–Crippen LogP) is 3.63. The third kappa shape index (κ3) is 3.52. The number of carbonyl (C=O) groups excluding carboxylic acids is 1. The van der Waals surface area contributed by atoms with Gasteiger partial charge in [-0.05, 0) is 30.0 Å². The van der Waals surface area contributed by atoms with Crippen LogP contribution in [-0.2, 0) is 18.3 Å². The van der Waals surface area contributed by atoms with E-state index in [9.17, 15) is 9.59 Å². The number of para-hydroxylation sites is 1. The number of aromatic nitrogens is 2. The minimum atomic E-state index is -0.160. The molecule has 0 bridgehead atoms. The Morgan fingerprint density at radius 2 is 1.77 bits per heavy atom. The van der Waals surface area contributed by atoms with Gasteiger partial charge in [0.2, 0.25) is 5.91 Å². The third-order valence-electron chi connectivity index (χ3n) is 4.74. The van der Waals surface area contributed by atoms with Crippen LogP contribution in [-0.4, -0.2) is 15.7 Å². The minimum Gasteiger partial charge on any atom is -0.325 e. The Morgan fingerprint density at radius 3 is 2.50 bits per heavy atom. The Hall–Kier alpha value is -2.95. The van der Waals surface area contributed by atoms with Crippen molar-refractivity contribution in [3.05, 3.63) is 70.1 Å². The van der Waals surface area contributed by atoms with Crippen molar-refractivity contribution in [1.82, 2.24) is 9.78 Å². The molecular formula is C21H23N3O2. The zero-order valence-electron chi connectivity index (χ0n) is 15.3. The van der Waals surface area contributed by atoms with Gasteiger partial charge in [0.25, 0.3) is 5.56 Å². The van der Waals surface area contributed by atoms with Gasteiger partial charge in [0.05, 0.1) is 17.5 Å². The number of rotatable bonds is 5. The Balaban J connectivity index is 1.90. The Labute approximate surface area is 152 Å². The molecule has 0 aliphatic carbocycles. The van der Waals surface area contributed by atoms with Crippen molar-refractivity contribution in [3.63, 3.8) is 0 Å². The van der Waals surface area contributed by atoms with Crippen LogP contribution in [0.1, 0.15) is 37.4 Å². The van der Waals surface area contributed by atoms with Gasteiger partial charge in [-0.1, -0.05) is 50.2 Å². The van der Waals surface area contributed by atoms with E-state index in [4.69, 9.17) is 0 Å². The monoisotopic (exact) mass is 349 g/mol. The molecule has 5 heteroatoms. The van der Waals surface area contributed by atoms with Gasteiger partial charge in [0.1, 0.15) is 0 Å². The number of nitrogens with one attached hydrogen (secondary N) is 1. The van der Waals surface area contributed by atoms with Crippen molar-refractivity contribution < 1.29 is 4.79 Å². The fourth-order valence-electron chi connectivity index (χ4n) is 3.11. The minimum absolute atomic E-state index is 0.115. The smallest absolute Gasteiger partial charge is 0.274 e. The van der Waals surface area contributed by atoms with Crippen molar-refractivity contribution in [1.29, 1.82) is 0 Å². The van der Waals surface area contributed by atoms with E-state index in [-0.39, 0.29) is 17.9 Å². The molecule has 0 spiro atoms. The zero-order chi connectivity index (χ0) is 18.7. The highest BCUT2D eigenvalue weighted by Gasteiger charge is 2.15. The van der Waals surface area contributed by atoms with Gasteiger partial charge in [-0.2, -0.15) is 5.10 Å². The lowest BCUT2D eigenvalue weighted by atomic mass is 9.97. The summed E-state index contributed by atoms with van der Waals surface area (Å²) in [6.45, 7) is 4.27. The average Bonchev–Trinajstić information content (AvgIpc) is 2.65. The van der Waals surface area contributed by atoms with Gasteiger partial charge >= 0.3 is 0 Å². The number of amides is 1. The lowest BCUT2D eigenvalue weighted by Crippen LogP contribution is -2.24. The molecule has 1 heterocycles. The molecule has 0 radical (unpaired) electrons. The quantitative estimate of drug-likeness (QED) is 0.765. The maximum Gasteiger partial charge on any atom is 0.274 e. The number of hydrogen-bond donors (Lipinski definition) is 1. The standard InChI is InChI=1S/C21H23N3O2/c1-4-14(2)15-9-7-8-12-18(15)22-20(25)13-19-16-10-5-6-11-17(16)21(26)24(3)23-19/h5-12,14H,4,13H2,1-3H3,(H,22,25)/t14-/m0/s1. The average molecular weight is 349 g/mol. The molecule has 134 valence electrons. The molecule has 0 unspecified atom stereocenters. The highest BCUT2D eigenvalue weighted by atomic mass is 16.1. The summed E-state index contributed by atoms with van der Waals surface area (Å²) in [5.41, 5.74) is 2.40. The normalized spacial score (nSPS) is 12.1. The molecule has 0 saturated heterocycles. The molecule has 0 fully saturated rings. The number of nitrogens with zero attached hydrogens (tertiary/aromatic N) is 2. The summed E-state index contributed by atoms with van der Waals surface area (Å²) in [6.07, 6.45) is 1.11. The maximum atomic E-state index is 12.6. The van der Waals surface area contributed by atoms with Crippen molar-refractivity contribution >= 4 is 22.4 Å². The second-order valence-corrected chi connectivity index (χ2v) is 6.54. The summed E-state index contributed by atoms with van der Waals surface area (Å²) in [6, 6.07) is 15.1. The number of hydrogen-bond acceptors (Lipinski definition) is 3. The summed E-state index contributed by atoms with van der Waals surface area (Å²) in [4.78, 5) is 24.9. The van der Waals surface area contributed by atoms with E-state index in [1.807, 2.05) is 42.5 Å². The van der Waals surface area contributed by atoms with Crippen molar-refractivity contribution in [2.75, 3.05) is 5.32 Å². The largest absolute Gasteiger partial charge is 0.325 e. The van der Waals surface area contributed by atoms with Crippen molar-refractivity contribution in [2.24, 2.45) is 7.05 Å². The predicted molar refractivity (Wildman–Crippen MR) is 104 cm³/mol. The van der Waals surface area contributed by atoms with E-state index in [0.717, 1.165) is 23.1 Å². The summed E-state index contributed by atoms with van der Waals surface area (Å²) >= 11 is 0. The van der Waals surface area contributed by atoms with Crippen molar-refractivity contribution in [2.45, 2.75) is 32.6 Å². The van der Waals surface area contributed by atoms with E-state index in [1.54, 1.807) is 13.1 Å². The number of benzene rings is 2. The first-order chi connectivity index (χ1) is 12.5. The molecule has 3 rings (SSSR count). The number of carbonyl (C=O) groups is 1. The first-order valence-corrected chi connectivity index (χ1v) is 8.85. The van der Waals surface area contributed by atoms with Crippen LogP contribution in [0.2, 0.25) is 0 Å². The van der Waals surface area contributed by atoms with E-state index in [0.29, 0.717) is 17.0 Å². The van der Waals surface area contributed by atoms with E-state index < -0.39 is 0 Å². The Kier molecular flexibility index (Phi) is 5.16. The number of fused-ring (bicyclic) bond motifs is 1. The summed E-state index contributed by atoms with van der Waals surface area (Å²) in [5, 5.41) is 8.61. The second-order valence-electron chi connectivity index (χ2n) is 6.54. The van der Waals surface area contributed by atoms with Gasteiger partial charge in [-0.25, -0.2) is 4.68 Å². The first-order valence-electron chi connectivity index (χ1n) is 8.85. The Morgan fingerprint density at radius 1 is 1.12 bits per heavy atom. The fraction of sp³-hybridized carbons (Fsp3) is 0.286. The lowest BCUT2D eigenvalue weighted by Gasteiger charge is -2.16. The molecule has 2 aromatic carbocycles. The highest BCUT2D eigenvalue weighted by Crippen LogP contribution is 2.26. The van der Waals surface area contributed by atoms with E-state index >= 15 is 0 Å². The van der Waals surface area contributed by atoms with Crippen LogP contribution in [0.25, 0.3) is 10.8 Å². The van der Waals surface area contributed by atoms with Gasteiger partial charge in [-0.3, -0.25) is 9.59 Å². The molecule has 3 aromatic rings. The zero-order valence-corrected chi connectivity index (χ0v) is 15.3. The maximum absolute atomic E-state index is 12.6. The summed E-state index contributed by atoms with van der Waals surface area (Å²) < 4.78 is 1.29. The summed E-state index contributed by atoms with van der Waals surface area (Å²) in [7, 11) is 1.61. The SMILES string of the molecule is CC[C@H](C)c1ccccc1NC(=O)Cc1nn(C)c(=O)c2ccccc12. The first kappa shape index (κ1) is 17.9. The fourth-order valence-corrected chi connectivity index (χ4v) is 3.11. The van der Waals surface area contributed by atoms with Crippen LogP contribution in [0.5, 0.6) is 0 Å². The molecule has 1 N–H and O–H groups in total.